The monoisotopic (exact) mass is 605 g/mol. The van der Waals surface area contributed by atoms with E-state index in [1.165, 1.54) is 23.1 Å². The molecular formula is C23H17Br2N3O3S2. The highest BCUT2D eigenvalue weighted by atomic mass is 79.9. The van der Waals surface area contributed by atoms with Gasteiger partial charge in [0, 0.05) is 21.9 Å². The van der Waals surface area contributed by atoms with Crippen molar-refractivity contribution in [1.82, 2.24) is 4.98 Å². The van der Waals surface area contributed by atoms with Crippen LogP contribution in [-0.2, 0) is 4.79 Å². The van der Waals surface area contributed by atoms with Crippen LogP contribution in [0.25, 0.3) is 10.2 Å². The smallest absolute Gasteiger partial charge is 0.234 e. The molecule has 0 saturated carbocycles. The predicted molar refractivity (Wildman–Crippen MR) is 143 cm³/mol. The molecule has 1 amide bonds. The molecule has 10 heteroatoms. The number of aliphatic imine (C=N–C) groups is 1. The number of phenols is 1. The second kappa shape index (κ2) is 10.7. The van der Waals surface area contributed by atoms with E-state index in [1.54, 1.807) is 49.7 Å². The van der Waals surface area contributed by atoms with Gasteiger partial charge in [-0.25, -0.2) is 4.98 Å². The first-order valence-electron chi connectivity index (χ1n) is 9.60. The van der Waals surface area contributed by atoms with Crippen LogP contribution in [0.3, 0.4) is 0 Å². The molecule has 0 aliphatic rings. The van der Waals surface area contributed by atoms with Gasteiger partial charge in [0.05, 0.1) is 33.2 Å². The number of benzene rings is 3. The number of hydrogen-bond donors (Lipinski definition) is 2. The van der Waals surface area contributed by atoms with E-state index in [0.717, 1.165) is 36.2 Å². The number of ether oxygens (including phenoxy) is 1. The summed E-state index contributed by atoms with van der Waals surface area (Å²) < 4.78 is 8.33. The van der Waals surface area contributed by atoms with Gasteiger partial charge in [-0.3, -0.25) is 9.79 Å². The van der Waals surface area contributed by atoms with E-state index in [9.17, 15) is 9.90 Å². The zero-order valence-corrected chi connectivity index (χ0v) is 22.0. The fourth-order valence-electron chi connectivity index (χ4n) is 2.86. The first-order chi connectivity index (χ1) is 15.9. The Hall–Kier alpha value is -2.40. The number of carbonyl (C=O) groups is 1. The summed E-state index contributed by atoms with van der Waals surface area (Å²) in [7, 11) is 1.60. The Kier molecular flexibility index (Phi) is 7.69. The fraction of sp³-hybridized carbons (Fsp3) is 0.0870. The van der Waals surface area contributed by atoms with Gasteiger partial charge in [-0.2, -0.15) is 0 Å². The largest absolute Gasteiger partial charge is 0.506 e. The third-order valence-corrected chi connectivity index (χ3v) is 7.69. The molecule has 0 radical (unpaired) electrons. The SMILES string of the molecule is COc1ccc(NC(=O)CSc2nc3ccc(N=Cc4cc(Br)cc(Br)c4O)cc3s2)cc1. The van der Waals surface area contributed by atoms with Gasteiger partial charge in [-0.15, -0.1) is 11.3 Å². The first-order valence-corrected chi connectivity index (χ1v) is 13.0. The normalized spacial score (nSPS) is 11.2. The summed E-state index contributed by atoms with van der Waals surface area (Å²) in [5, 5.41) is 13.1. The second-order valence-electron chi connectivity index (χ2n) is 6.78. The summed E-state index contributed by atoms with van der Waals surface area (Å²) >= 11 is 9.64. The van der Waals surface area contributed by atoms with E-state index in [4.69, 9.17) is 4.74 Å². The van der Waals surface area contributed by atoms with Crippen LogP contribution in [0, 0.1) is 0 Å². The summed E-state index contributed by atoms with van der Waals surface area (Å²) in [4.78, 5) is 21.3. The molecule has 33 heavy (non-hydrogen) atoms. The highest BCUT2D eigenvalue weighted by molar-refractivity contribution is 9.11. The summed E-state index contributed by atoms with van der Waals surface area (Å²) in [6.07, 6.45) is 1.62. The van der Waals surface area contributed by atoms with Gasteiger partial charge in [0.25, 0.3) is 0 Å². The van der Waals surface area contributed by atoms with E-state index < -0.39 is 0 Å². The average molecular weight is 607 g/mol. The van der Waals surface area contributed by atoms with Crippen molar-refractivity contribution >= 4 is 88.7 Å². The van der Waals surface area contributed by atoms with Crippen molar-refractivity contribution in [2.24, 2.45) is 4.99 Å². The fourth-order valence-corrected chi connectivity index (χ4v) is 6.02. The zero-order chi connectivity index (χ0) is 23.4. The van der Waals surface area contributed by atoms with E-state index >= 15 is 0 Å². The highest BCUT2D eigenvalue weighted by Gasteiger charge is 2.10. The lowest BCUT2D eigenvalue weighted by molar-refractivity contribution is -0.113. The van der Waals surface area contributed by atoms with Crippen molar-refractivity contribution in [3.63, 3.8) is 0 Å². The van der Waals surface area contributed by atoms with Gasteiger partial charge in [-0.05, 0) is 70.5 Å². The number of aromatic nitrogens is 1. The summed E-state index contributed by atoms with van der Waals surface area (Å²) in [5.41, 5.74) is 2.91. The third kappa shape index (κ3) is 6.14. The lowest BCUT2D eigenvalue weighted by Crippen LogP contribution is -2.13. The van der Waals surface area contributed by atoms with Crippen LogP contribution in [0.15, 0.2) is 72.9 Å². The maximum atomic E-state index is 12.3. The van der Waals surface area contributed by atoms with Crippen LogP contribution in [-0.4, -0.2) is 35.1 Å². The second-order valence-corrected chi connectivity index (χ2v) is 10.8. The number of carbonyl (C=O) groups excluding carboxylic acids is 1. The molecule has 6 nitrogen and oxygen atoms in total. The van der Waals surface area contributed by atoms with Gasteiger partial charge >= 0.3 is 0 Å². The van der Waals surface area contributed by atoms with Gasteiger partial charge in [0.2, 0.25) is 5.91 Å². The molecule has 1 aromatic heterocycles. The maximum Gasteiger partial charge on any atom is 0.234 e. The van der Waals surface area contributed by atoms with Gasteiger partial charge < -0.3 is 15.2 Å². The van der Waals surface area contributed by atoms with Crippen molar-refractivity contribution in [2.45, 2.75) is 4.34 Å². The third-order valence-electron chi connectivity index (χ3n) is 4.46. The van der Waals surface area contributed by atoms with Crippen LogP contribution in [0.1, 0.15) is 5.56 Å². The van der Waals surface area contributed by atoms with Crippen molar-refractivity contribution in [2.75, 3.05) is 18.2 Å². The molecule has 4 rings (SSSR count). The number of phenolic OH excluding ortho intramolecular Hbond substituents is 1. The van der Waals surface area contributed by atoms with Gasteiger partial charge in [0.15, 0.2) is 4.34 Å². The van der Waals surface area contributed by atoms with Crippen LogP contribution in [0.2, 0.25) is 0 Å². The molecule has 0 spiro atoms. The minimum absolute atomic E-state index is 0.102. The number of methoxy groups -OCH3 is 1. The lowest BCUT2D eigenvalue weighted by atomic mass is 10.2. The zero-order valence-electron chi connectivity index (χ0n) is 17.2. The van der Waals surface area contributed by atoms with Crippen LogP contribution in [0.5, 0.6) is 11.5 Å². The number of hydrogen-bond acceptors (Lipinski definition) is 7. The standard InChI is InChI=1S/C23H17Br2N3O3S2/c1-31-17-5-2-15(3-6-17)27-21(29)12-32-23-28-19-7-4-16(10-20(19)33-23)26-11-13-8-14(24)9-18(25)22(13)30/h2-11,30H,12H2,1H3,(H,27,29). The van der Waals surface area contributed by atoms with Gasteiger partial charge in [-0.1, -0.05) is 27.7 Å². The Morgan fingerprint density at radius 3 is 2.76 bits per heavy atom. The van der Waals surface area contributed by atoms with E-state index in [-0.39, 0.29) is 17.4 Å². The van der Waals surface area contributed by atoms with Gasteiger partial charge in [0.1, 0.15) is 11.5 Å². The molecule has 0 atom stereocenters. The number of rotatable bonds is 7. The summed E-state index contributed by atoms with van der Waals surface area (Å²) in [6, 6.07) is 16.5. The molecule has 3 aromatic carbocycles. The average Bonchev–Trinajstić information content (AvgIpc) is 3.22. The Labute approximate surface area is 215 Å². The number of fused-ring (bicyclic) bond motifs is 1. The number of amides is 1. The molecule has 0 fully saturated rings. The molecule has 168 valence electrons. The topological polar surface area (TPSA) is 83.8 Å². The Balaban J connectivity index is 1.41. The van der Waals surface area contributed by atoms with Crippen LogP contribution in [0.4, 0.5) is 11.4 Å². The van der Waals surface area contributed by atoms with Crippen LogP contribution < -0.4 is 10.1 Å². The highest BCUT2D eigenvalue weighted by Crippen LogP contribution is 2.33. The van der Waals surface area contributed by atoms with Crippen molar-refractivity contribution in [1.29, 1.82) is 0 Å². The van der Waals surface area contributed by atoms with Crippen LogP contribution >= 0.6 is 55.0 Å². The molecular weight excluding hydrogens is 590 g/mol. The molecule has 2 N–H and O–H groups in total. The number of thiazole rings is 1. The predicted octanol–water partition coefficient (Wildman–Crippen LogP) is 7.02. The number of halogens is 2. The number of aromatic hydroxyl groups is 1. The number of nitrogens with one attached hydrogen (secondary N) is 1. The van der Waals surface area contributed by atoms with Crippen molar-refractivity contribution in [3.8, 4) is 11.5 Å². The minimum Gasteiger partial charge on any atom is -0.506 e. The Morgan fingerprint density at radius 2 is 2.00 bits per heavy atom. The molecule has 0 unspecified atom stereocenters. The molecule has 0 aliphatic heterocycles. The molecule has 0 saturated heterocycles. The van der Waals surface area contributed by atoms with Crippen molar-refractivity contribution < 1.29 is 14.6 Å². The summed E-state index contributed by atoms with van der Waals surface area (Å²) in [6.45, 7) is 0. The molecule has 1 heterocycles. The lowest BCUT2D eigenvalue weighted by Gasteiger charge is -2.05. The molecule has 0 bridgehead atoms. The summed E-state index contributed by atoms with van der Waals surface area (Å²) in [5.74, 6) is 1.03. The molecule has 0 aliphatic carbocycles. The Bertz CT molecular complexity index is 1340. The first kappa shape index (κ1) is 23.7. The Morgan fingerprint density at radius 1 is 1.21 bits per heavy atom. The quantitative estimate of drug-likeness (QED) is 0.174. The minimum atomic E-state index is -0.102. The molecule has 4 aromatic rings. The van der Waals surface area contributed by atoms with E-state index in [1.807, 2.05) is 18.2 Å². The van der Waals surface area contributed by atoms with E-state index in [2.05, 4.69) is 47.2 Å². The van der Waals surface area contributed by atoms with Crippen molar-refractivity contribution in [3.05, 3.63) is 69.1 Å². The number of thioether (sulfide) groups is 1. The maximum absolute atomic E-state index is 12.3. The number of nitrogens with zero attached hydrogens (tertiary/aromatic N) is 2. The van der Waals surface area contributed by atoms with E-state index in [0.29, 0.717) is 10.0 Å². The number of anilines is 1.